The van der Waals surface area contributed by atoms with Crippen LogP contribution in [0.3, 0.4) is 0 Å². The van der Waals surface area contributed by atoms with Crippen LogP contribution >= 0.6 is 0 Å². The van der Waals surface area contributed by atoms with E-state index in [-0.39, 0.29) is 29.7 Å². The summed E-state index contributed by atoms with van der Waals surface area (Å²) in [5, 5.41) is 11.7. The number of hydrogen-bond acceptors (Lipinski definition) is 5. The molecule has 7 heteroatoms. The molecule has 0 saturated heterocycles. The van der Waals surface area contributed by atoms with Gasteiger partial charge in [0.2, 0.25) is 5.91 Å². The van der Waals surface area contributed by atoms with Gasteiger partial charge in [-0.15, -0.1) is 0 Å². The Hall–Kier alpha value is -2.31. The number of anilines is 2. The van der Waals surface area contributed by atoms with Gasteiger partial charge in [0, 0.05) is 18.8 Å². The van der Waals surface area contributed by atoms with Gasteiger partial charge in [0.05, 0.1) is 17.8 Å². The SMILES string of the molecule is CCN(CC(=O)NC(C)C)c1ncc(C(=O)O)cc1N. The number of aromatic carboxylic acids is 1. The molecule has 0 saturated carbocycles. The minimum absolute atomic E-state index is 0.0222. The van der Waals surface area contributed by atoms with E-state index in [0.717, 1.165) is 0 Å². The zero-order valence-corrected chi connectivity index (χ0v) is 11.9. The Balaban J connectivity index is 2.90. The summed E-state index contributed by atoms with van der Waals surface area (Å²) in [5.74, 6) is -0.807. The fourth-order valence-corrected chi connectivity index (χ4v) is 1.73. The second-order valence-electron chi connectivity index (χ2n) is 4.68. The van der Waals surface area contributed by atoms with Gasteiger partial charge >= 0.3 is 5.97 Å². The minimum Gasteiger partial charge on any atom is -0.478 e. The molecule has 0 aliphatic rings. The highest BCUT2D eigenvalue weighted by Gasteiger charge is 2.16. The van der Waals surface area contributed by atoms with E-state index < -0.39 is 5.97 Å². The summed E-state index contributed by atoms with van der Waals surface area (Å²) in [5.41, 5.74) is 6.08. The maximum absolute atomic E-state index is 11.8. The number of nitrogens with one attached hydrogen (secondary N) is 1. The van der Waals surface area contributed by atoms with Crippen LogP contribution in [0.1, 0.15) is 31.1 Å². The highest BCUT2D eigenvalue weighted by Crippen LogP contribution is 2.20. The normalized spacial score (nSPS) is 10.4. The van der Waals surface area contributed by atoms with E-state index in [1.807, 2.05) is 20.8 Å². The fourth-order valence-electron chi connectivity index (χ4n) is 1.73. The number of aromatic nitrogens is 1. The van der Waals surface area contributed by atoms with Gasteiger partial charge in [-0.25, -0.2) is 9.78 Å². The van der Waals surface area contributed by atoms with Crippen LogP contribution in [-0.4, -0.2) is 41.1 Å². The molecule has 1 aromatic rings. The number of nitrogens with zero attached hydrogens (tertiary/aromatic N) is 2. The third kappa shape index (κ3) is 4.11. The quantitative estimate of drug-likeness (QED) is 0.708. The largest absolute Gasteiger partial charge is 0.478 e. The minimum atomic E-state index is -1.09. The second kappa shape index (κ2) is 6.74. The van der Waals surface area contributed by atoms with Crippen molar-refractivity contribution < 1.29 is 14.7 Å². The van der Waals surface area contributed by atoms with Gasteiger partial charge in [-0.05, 0) is 26.8 Å². The molecule has 1 aromatic heterocycles. The molecule has 0 aliphatic carbocycles. The summed E-state index contributed by atoms with van der Waals surface area (Å²) in [7, 11) is 0. The average Bonchev–Trinajstić information content (AvgIpc) is 2.35. The van der Waals surface area contributed by atoms with E-state index in [9.17, 15) is 9.59 Å². The van der Waals surface area contributed by atoms with Crippen molar-refractivity contribution in [3.63, 3.8) is 0 Å². The summed E-state index contributed by atoms with van der Waals surface area (Å²) in [6, 6.07) is 1.40. The predicted molar refractivity (Wildman–Crippen MR) is 76.8 cm³/mol. The van der Waals surface area contributed by atoms with E-state index in [4.69, 9.17) is 10.8 Å². The molecule has 0 atom stereocenters. The van der Waals surface area contributed by atoms with E-state index in [0.29, 0.717) is 12.4 Å². The van der Waals surface area contributed by atoms with Gasteiger partial charge in [-0.2, -0.15) is 0 Å². The molecule has 0 fully saturated rings. The summed E-state index contributed by atoms with van der Waals surface area (Å²) in [4.78, 5) is 28.3. The molecule has 0 bridgehead atoms. The van der Waals surface area contributed by atoms with Crippen LogP contribution in [0, 0.1) is 0 Å². The number of carbonyl (C=O) groups is 2. The lowest BCUT2D eigenvalue weighted by molar-refractivity contribution is -0.120. The number of carbonyl (C=O) groups excluding carboxylic acids is 1. The second-order valence-corrected chi connectivity index (χ2v) is 4.68. The molecule has 20 heavy (non-hydrogen) atoms. The van der Waals surface area contributed by atoms with Crippen molar-refractivity contribution in [2.24, 2.45) is 0 Å². The van der Waals surface area contributed by atoms with E-state index in [2.05, 4.69) is 10.3 Å². The Bertz CT molecular complexity index is 502. The Morgan fingerprint density at radius 1 is 1.50 bits per heavy atom. The molecular formula is C13H20N4O3. The van der Waals surface area contributed by atoms with E-state index >= 15 is 0 Å². The van der Waals surface area contributed by atoms with Crippen molar-refractivity contribution in [3.05, 3.63) is 17.8 Å². The van der Waals surface area contributed by atoms with Crippen LogP contribution < -0.4 is 16.0 Å². The first-order valence-corrected chi connectivity index (χ1v) is 6.38. The number of rotatable bonds is 6. The summed E-state index contributed by atoms with van der Waals surface area (Å²) < 4.78 is 0. The van der Waals surface area contributed by atoms with Gasteiger partial charge < -0.3 is 21.1 Å². The molecule has 0 aliphatic heterocycles. The monoisotopic (exact) mass is 280 g/mol. The highest BCUT2D eigenvalue weighted by molar-refractivity contribution is 5.90. The number of amides is 1. The summed E-state index contributed by atoms with van der Waals surface area (Å²) >= 11 is 0. The van der Waals surface area contributed by atoms with Crippen molar-refractivity contribution in [1.82, 2.24) is 10.3 Å². The number of pyridine rings is 1. The molecule has 0 radical (unpaired) electrons. The number of nitrogen functional groups attached to an aromatic ring is 1. The Morgan fingerprint density at radius 3 is 2.60 bits per heavy atom. The third-order valence-electron chi connectivity index (χ3n) is 2.61. The van der Waals surface area contributed by atoms with Gasteiger partial charge in [-0.1, -0.05) is 0 Å². The summed E-state index contributed by atoms with van der Waals surface area (Å²) in [6.45, 7) is 6.28. The fraction of sp³-hybridized carbons (Fsp3) is 0.462. The zero-order chi connectivity index (χ0) is 15.3. The van der Waals surface area contributed by atoms with Crippen LogP contribution in [0.4, 0.5) is 11.5 Å². The Kier molecular flexibility index (Phi) is 5.31. The van der Waals surface area contributed by atoms with Gasteiger partial charge in [0.1, 0.15) is 0 Å². The third-order valence-corrected chi connectivity index (χ3v) is 2.61. The number of hydrogen-bond donors (Lipinski definition) is 3. The first-order chi connectivity index (χ1) is 9.35. The lowest BCUT2D eigenvalue weighted by Gasteiger charge is -2.23. The molecule has 1 amide bonds. The summed E-state index contributed by atoms with van der Waals surface area (Å²) in [6.07, 6.45) is 1.23. The van der Waals surface area contributed by atoms with E-state index in [1.54, 1.807) is 4.90 Å². The lowest BCUT2D eigenvalue weighted by Crippen LogP contribution is -2.40. The van der Waals surface area contributed by atoms with Gasteiger partial charge in [0.25, 0.3) is 0 Å². The van der Waals surface area contributed by atoms with Crippen LogP contribution in [0.15, 0.2) is 12.3 Å². The number of carboxylic acids is 1. The van der Waals surface area contributed by atoms with Crippen molar-refractivity contribution in [2.75, 3.05) is 23.7 Å². The first-order valence-electron chi connectivity index (χ1n) is 6.38. The molecular weight excluding hydrogens is 260 g/mol. The average molecular weight is 280 g/mol. The smallest absolute Gasteiger partial charge is 0.337 e. The topological polar surface area (TPSA) is 109 Å². The van der Waals surface area contributed by atoms with Crippen molar-refractivity contribution in [2.45, 2.75) is 26.8 Å². The van der Waals surface area contributed by atoms with Crippen molar-refractivity contribution in [1.29, 1.82) is 0 Å². The molecule has 7 nitrogen and oxygen atoms in total. The van der Waals surface area contributed by atoms with E-state index in [1.165, 1.54) is 12.3 Å². The predicted octanol–water partition coefficient (Wildman–Crippen LogP) is 0.713. The van der Waals surface area contributed by atoms with Gasteiger partial charge in [-0.3, -0.25) is 4.79 Å². The van der Waals surface area contributed by atoms with Crippen LogP contribution in [0.5, 0.6) is 0 Å². The highest BCUT2D eigenvalue weighted by atomic mass is 16.4. The molecule has 1 heterocycles. The standard InChI is InChI=1S/C13H20N4O3/c1-4-17(7-11(18)16-8(2)3)12-10(14)5-9(6-15-12)13(19)20/h5-6,8H,4,7,14H2,1-3H3,(H,16,18)(H,19,20). The van der Waals surface area contributed by atoms with Crippen LogP contribution in [0.2, 0.25) is 0 Å². The van der Waals surface area contributed by atoms with Crippen molar-refractivity contribution >= 4 is 23.4 Å². The van der Waals surface area contributed by atoms with Crippen LogP contribution in [0.25, 0.3) is 0 Å². The maximum Gasteiger partial charge on any atom is 0.337 e. The number of carboxylic acid groups (broad SMARTS) is 1. The molecule has 0 unspecified atom stereocenters. The molecule has 0 aromatic carbocycles. The number of nitrogens with two attached hydrogens (primary N) is 1. The maximum atomic E-state index is 11.8. The molecule has 1 rings (SSSR count). The van der Waals surface area contributed by atoms with Crippen LogP contribution in [-0.2, 0) is 4.79 Å². The molecule has 110 valence electrons. The van der Waals surface area contributed by atoms with Gasteiger partial charge in [0.15, 0.2) is 5.82 Å². The number of likely N-dealkylation sites (N-methyl/N-ethyl adjacent to an activating group) is 1. The Labute approximate surface area is 117 Å². The lowest BCUT2D eigenvalue weighted by atomic mass is 10.2. The Morgan fingerprint density at radius 2 is 2.15 bits per heavy atom. The van der Waals surface area contributed by atoms with Crippen molar-refractivity contribution in [3.8, 4) is 0 Å². The molecule has 4 N–H and O–H groups in total. The first kappa shape index (κ1) is 15.7. The zero-order valence-electron chi connectivity index (χ0n) is 11.9. The molecule has 0 spiro atoms.